The zero-order chi connectivity index (χ0) is 13.8. The lowest BCUT2D eigenvalue weighted by Crippen LogP contribution is -2.28. The lowest BCUT2D eigenvalue weighted by atomic mass is 9.82. The molecule has 2 aromatic heterocycles. The van der Waals surface area contributed by atoms with Gasteiger partial charge in [-0.3, -0.25) is 4.40 Å². The molecule has 1 N–H and O–H groups in total. The van der Waals surface area contributed by atoms with E-state index in [2.05, 4.69) is 26.8 Å². The summed E-state index contributed by atoms with van der Waals surface area (Å²) in [4.78, 5) is 0. The summed E-state index contributed by atoms with van der Waals surface area (Å²) < 4.78 is 2.07. The van der Waals surface area contributed by atoms with Gasteiger partial charge in [-0.1, -0.05) is 25.8 Å². The maximum Gasteiger partial charge on any atom is 0.160 e. The van der Waals surface area contributed by atoms with Crippen molar-refractivity contribution in [3.05, 3.63) is 30.2 Å². The summed E-state index contributed by atoms with van der Waals surface area (Å²) in [5.74, 6) is 2.83. The lowest BCUT2D eigenvalue weighted by Gasteiger charge is -2.26. The minimum Gasteiger partial charge on any atom is -0.316 e. The fourth-order valence-corrected chi connectivity index (χ4v) is 3.31. The van der Waals surface area contributed by atoms with Crippen molar-refractivity contribution < 1.29 is 0 Å². The molecule has 0 bridgehead atoms. The number of aromatic nitrogens is 3. The van der Waals surface area contributed by atoms with Gasteiger partial charge in [0.05, 0.1) is 0 Å². The monoisotopic (exact) mass is 272 g/mol. The predicted octanol–water partition coefficient (Wildman–Crippen LogP) is 2.69. The van der Waals surface area contributed by atoms with Crippen molar-refractivity contribution in [2.45, 2.75) is 39.0 Å². The third kappa shape index (κ3) is 3.18. The highest BCUT2D eigenvalue weighted by Gasteiger charge is 2.18. The van der Waals surface area contributed by atoms with Gasteiger partial charge in [0.15, 0.2) is 5.65 Å². The molecule has 0 spiro atoms. The van der Waals surface area contributed by atoms with E-state index in [-0.39, 0.29) is 0 Å². The Hall–Kier alpha value is -1.42. The van der Waals surface area contributed by atoms with Crippen molar-refractivity contribution in [2.75, 3.05) is 13.1 Å². The van der Waals surface area contributed by atoms with Gasteiger partial charge in [0, 0.05) is 19.2 Å². The molecule has 20 heavy (non-hydrogen) atoms. The third-order valence-corrected chi connectivity index (χ3v) is 4.39. The van der Waals surface area contributed by atoms with Gasteiger partial charge in [0.25, 0.3) is 0 Å². The van der Waals surface area contributed by atoms with Crippen LogP contribution in [0, 0.1) is 11.8 Å². The average molecular weight is 272 g/mol. The Morgan fingerprint density at radius 2 is 2.25 bits per heavy atom. The first-order valence-electron chi connectivity index (χ1n) is 7.82. The van der Waals surface area contributed by atoms with Gasteiger partial charge in [-0.25, -0.2) is 0 Å². The number of hydrogen-bond acceptors (Lipinski definition) is 3. The first kappa shape index (κ1) is 13.6. The Kier molecular flexibility index (Phi) is 4.31. The molecule has 0 radical (unpaired) electrons. The summed E-state index contributed by atoms with van der Waals surface area (Å²) in [7, 11) is 0. The smallest absolute Gasteiger partial charge is 0.160 e. The van der Waals surface area contributed by atoms with E-state index in [1.165, 1.54) is 25.7 Å². The molecule has 0 aromatic carbocycles. The van der Waals surface area contributed by atoms with Crippen LogP contribution in [0.25, 0.3) is 5.65 Å². The van der Waals surface area contributed by atoms with Crippen LogP contribution in [0.4, 0.5) is 0 Å². The van der Waals surface area contributed by atoms with Crippen molar-refractivity contribution in [1.29, 1.82) is 0 Å². The molecule has 1 saturated carbocycles. The Bertz CT molecular complexity index is 548. The zero-order valence-electron chi connectivity index (χ0n) is 12.3. The van der Waals surface area contributed by atoms with Crippen LogP contribution in [0.1, 0.15) is 38.4 Å². The largest absolute Gasteiger partial charge is 0.316 e. The van der Waals surface area contributed by atoms with Crippen LogP contribution in [-0.2, 0) is 6.42 Å². The molecule has 1 aliphatic carbocycles. The first-order chi connectivity index (χ1) is 9.83. The average Bonchev–Trinajstić information content (AvgIpc) is 2.87. The number of rotatable bonds is 5. The minimum absolute atomic E-state index is 0.869. The molecule has 2 heterocycles. The van der Waals surface area contributed by atoms with Gasteiger partial charge < -0.3 is 5.32 Å². The van der Waals surface area contributed by atoms with Crippen LogP contribution < -0.4 is 5.32 Å². The molecular weight excluding hydrogens is 248 g/mol. The lowest BCUT2D eigenvalue weighted by molar-refractivity contribution is 0.275. The molecule has 3 rings (SSSR count). The number of fused-ring (bicyclic) bond motifs is 1. The molecule has 0 amide bonds. The molecule has 1 aliphatic rings. The standard InChI is InChI=1S/C16H24N4/c1-13-5-4-6-14(11-13)12-17-9-8-16-19-18-15-7-2-3-10-20(15)16/h2-3,7,10,13-14,17H,4-6,8-9,11-12H2,1H3. The van der Waals surface area contributed by atoms with Gasteiger partial charge in [-0.05, 0) is 43.4 Å². The Labute approximate surface area is 120 Å². The summed E-state index contributed by atoms with van der Waals surface area (Å²) in [5, 5.41) is 12.0. The second-order valence-corrected chi connectivity index (χ2v) is 6.14. The molecule has 2 atom stereocenters. The van der Waals surface area contributed by atoms with E-state index < -0.39 is 0 Å². The number of nitrogens with one attached hydrogen (secondary N) is 1. The normalized spacial score (nSPS) is 23.2. The molecule has 2 unspecified atom stereocenters. The molecule has 0 saturated heterocycles. The number of pyridine rings is 1. The van der Waals surface area contributed by atoms with Gasteiger partial charge in [0.1, 0.15) is 5.82 Å². The Balaban J connectivity index is 1.46. The zero-order valence-corrected chi connectivity index (χ0v) is 12.3. The highest BCUT2D eigenvalue weighted by molar-refractivity contribution is 5.36. The van der Waals surface area contributed by atoms with E-state index >= 15 is 0 Å². The number of nitrogens with zero attached hydrogens (tertiary/aromatic N) is 3. The highest BCUT2D eigenvalue weighted by Crippen LogP contribution is 2.27. The molecule has 4 heteroatoms. The van der Waals surface area contributed by atoms with Crippen LogP contribution in [0.5, 0.6) is 0 Å². The van der Waals surface area contributed by atoms with E-state index in [0.717, 1.165) is 42.8 Å². The quantitative estimate of drug-likeness (QED) is 0.851. The second kappa shape index (κ2) is 6.35. The van der Waals surface area contributed by atoms with Crippen molar-refractivity contribution in [1.82, 2.24) is 19.9 Å². The Morgan fingerprint density at radius 3 is 3.15 bits per heavy atom. The minimum atomic E-state index is 0.869. The molecule has 1 fully saturated rings. The van der Waals surface area contributed by atoms with Crippen LogP contribution in [0.2, 0.25) is 0 Å². The van der Waals surface area contributed by atoms with Crippen molar-refractivity contribution in [2.24, 2.45) is 11.8 Å². The van der Waals surface area contributed by atoms with E-state index in [4.69, 9.17) is 0 Å². The topological polar surface area (TPSA) is 42.2 Å². The fourth-order valence-electron chi connectivity index (χ4n) is 3.31. The molecule has 2 aromatic rings. The molecule has 0 aliphatic heterocycles. The maximum absolute atomic E-state index is 4.26. The van der Waals surface area contributed by atoms with Crippen LogP contribution in [0.15, 0.2) is 24.4 Å². The summed E-state index contributed by atoms with van der Waals surface area (Å²) in [6, 6.07) is 6.01. The van der Waals surface area contributed by atoms with Crippen molar-refractivity contribution in [3.8, 4) is 0 Å². The molecular formula is C16H24N4. The summed E-state index contributed by atoms with van der Waals surface area (Å²) >= 11 is 0. The highest BCUT2D eigenvalue weighted by atomic mass is 15.2. The Morgan fingerprint density at radius 1 is 1.30 bits per heavy atom. The molecule has 108 valence electrons. The SMILES string of the molecule is CC1CCCC(CNCCc2nnc3ccccn23)C1. The number of hydrogen-bond donors (Lipinski definition) is 1. The fraction of sp³-hybridized carbons (Fsp3) is 0.625. The summed E-state index contributed by atoms with van der Waals surface area (Å²) in [6.07, 6.45) is 8.58. The predicted molar refractivity (Wildman–Crippen MR) is 80.7 cm³/mol. The maximum atomic E-state index is 4.26. The summed E-state index contributed by atoms with van der Waals surface area (Å²) in [5.41, 5.74) is 0.934. The van der Waals surface area contributed by atoms with Gasteiger partial charge >= 0.3 is 0 Å². The van der Waals surface area contributed by atoms with Gasteiger partial charge in [-0.2, -0.15) is 0 Å². The van der Waals surface area contributed by atoms with Crippen molar-refractivity contribution >= 4 is 5.65 Å². The van der Waals surface area contributed by atoms with E-state index in [1.807, 2.05) is 24.4 Å². The van der Waals surface area contributed by atoms with E-state index in [1.54, 1.807) is 0 Å². The second-order valence-electron chi connectivity index (χ2n) is 6.14. The van der Waals surface area contributed by atoms with Crippen molar-refractivity contribution in [3.63, 3.8) is 0 Å². The third-order valence-electron chi connectivity index (χ3n) is 4.39. The van der Waals surface area contributed by atoms with Crippen LogP contribution >= 0.6 is 0 Å². The molecule has 4 nitrogen and oxygen atoms in total. The van der Waals surface area contributed by atoms with E-state index in [0.29, 0.717) is 0 Å². The van der Waals surface area contributed by atoms with Crippen LogP contribution in [-0.4, -0.2) is 27.7 Å². The first-order valence-corrected chi connectivity index (χ1v) is 7.82. The summed E-state index contributed by atoms with van der Waals surface area (Å²) in [6.45, 7) is 4.52. The van der Waals surface area contributed by atoms with Gasteiger partial charge in [-0.15, -0.1) is 10.2 Å². The van der Waals surface area contributed by atoms with E-state index in [9.17, 15) is 0 Å². The van der Waals surface area contributed by atoms with Gasteiger partial charge in [0.2, 0.25) is 0 Å². The van der Waals surface area contributed by atoms with Crippen LogP contribution in [0.3, 0.4) is 0 Å².